The van der Waals surface area contributed by atoms with Crippen molar-refractivity contribution in [3.8, 4) is 0 Å². The number of unbranched alkanes of at least 4 members (excludes halogenated alkanes) is 3. The fourth-order valence-electron chi connectivity index (χ4n) is 2.69. The van der Waals surface area contributed by atoms with Crippen LogP contribution in [0.2, 0.25) is 0 Å². The molecule has 2 rings (SSSR count). The summed E-state index contributed by atoms with van der Waals surface area (Å²) in [7, 11) is 2.10. The zero-order valence-electron chi connectivity index (χ0n) is 13.4. The number of fused-ring (bicyclic) bond motifs is 1. The van der Waals surface area contributed by atoms with Gasteiger partial charge in [0.05, 0.1) is 17.1 Å². The highest BCUT2D eigenvalue weighted by atomic mass is 32.2. The molecule has 1 aromatic heterocycles. The van der Waals surface area contributed by atoms with Crippen LogP contribution in [0.25, 0.3) is 11.0 Å². The molecular weight excluding hydrogens is 278 g/mol. The Morgan fingerprint density at radius 3 is 2.71 bits per heavy atom. The molecule has 2 aromatic rings. The van der Waals surface area contributed by atoms with Gasteiger partial charge in [-0.3, -0.25) is 0 Å². The van der Waals surface area contributed by atoms with Gasteiger partial charge in [0.1, 0.15) is 5.82 Å². The summed E-state index contributed by atoms with van der Waals surface area (Å²) in [5.74, 6) is 2.42. The molecule has 21 heavy (non-hydrogen) atoms. The number of nitrogens with one attached hydrogen (secondary N) is 1. The van der Waals surface area contributed by atoms with Crippen molar-refractivity contribution in [3.05, 3.63) is 30.1 Å². The Labute approximate surface area is 132 Å². The minimum atomic E-state index is 0.300. The van der Waals surface area contributed by atoms with E-state index in [0.717, 1.165) is 17.9 Å². The van der Waals surface area contributed by atoms with E-state index in [1.54, 1.807) is 0 Å². The van der Waals surface area contributed by atoms with Crippen molar-refractivity contribution >= 4 is 22.8 Å². The van der Waals surface area contributed by atoms with E-state index >= 15 is 0 Å². The fourth-order valence-corrected chi connectivity index (χ4v) is 3.18. The average Bonchev–Trinajstić information content (AvgIpc) is 2.84. The second-order valence-corrected chi connectivity index (χ2v) is 6.59. The molecule has 0 aliphatic rings. The van der Waals surface area contributed by atoms with Gasteiger partial charge in [-0.15, -0.1) is 0 Å². The maximum absolute atomic E-state index is 4.75. The lowest BCUT2D eigenvalue weighted by Crippen LogP contribution is -2.22. The van der Waals surface area contributed by atoms with Gasteiger partial charge in [-0.1, -0.05) is 25.0 Å². The molecule has 0 aliphatic carbocycles. The smallest absolute Gasteiger partial charge is 0.126 e. The number of aryl methyl sites for hydroxylation is 1. The van der Waals surface area contributed by atoms with Crippen molar-refractivity contribution < 1.29 is 0 Å². The highest BCUT2D eigenvalue weighted by molar-refractivity contribution is 7.98. The maximum Gasteiger partial charge on any atom is 0.126 e. The predicted octanol–water partition coefficient (Wildman–Crippen LogP) is 4.15. The van der Waals surface area contributed by atoms with E-state index in [1.807, 2.05) is 17.8 Å². The number of hydrogen-bond donors (Lipinski definition) is 1. The van der Waals surface area contributed by atoms with Gasteiger partial charge in [-0.05, 0) is 50.5 Å². The van der Waals surface area contributed by atoms with Gasteiger partial charge in [0.15, 0.2) is 0 Å². The van der Waals surface area contributed by atoms with E-state index in [-0.39, 0.29) is 0 Å². The molecule has 1 unspecified atom stereocenters. The Bertz CT molecular complexity index is 550. The normalized spacial score (nSPS) is 12.9. The van der Waals surface area contributed by atoms with E-state index < -0.39 is 0 Å². The Morgan fingerprint density at radius 1 is 1.19 bits per heavy atom. The Hall–Kier alpha value is -1.00. The van der Waals surface area contributed by atoms with Crippen LogP contribution in [0.1, 0.15) is 44.5 Å². The van der Waals surface area contributed by atoms with Gasteiger partial charge in [-0.25, -0.2) is 4.98 Å². The van der Waals surface area contributed by atoms with Crippen LogP contribution in [0, 0.1) is 0 Å². The topological polar surface area (TPSA) is 29.9 Å². The molecule has 4 heteroatoms. The van der Waals surface area contributed by atoms with Gasteiger partial charge < -0.3 is 9.88 Å². The number of benzene rings is 1. The predicted molar refractivity (Wildman–Crippen MR) is 94.0 cm³/mol. The highest BCUT2D eigenvalue weighted by Crippen LogP contribution is 2.19. The lowest BCUT2D eigenvalue weighted by molar-refractivity contribution is 0.509. The first-order valence-corrected chi connectivity index (χ1v) is 9.27. The molecule has 0 amide bonds. The van der Waals surface area contributed by atoms with Crippen molar-refractivity contribution in [1.82, 2.24) is 14.9 Å². The number of hydrogen-bond acceptors (Lipinski definition) is 3. The maximum atomic E-state index is 4.75. The second-order valence-electron chi connectivity index (χ2n) is 5.60. The van der Waals surface area contributed by atoms with E-state index in [0.29, 0.717) is 6.04 Å². The number of rotatable bonds is 9. The summed E-state index contributed by atoms with van der Waals surface area (Å²) in [6, 6.07) is 8.63. The molecule has 1 atom stereocenters. The number of imidazole rings is 1. The summed E-state index contributed by atoms with van der Waals surface area (Å²) in [6.45, 7) is 3.28. The number of aromatic nitrogens is 2. The van der Waals surface area contributed by atoms with Crippen LogP contribution in [-0.2, 0) is 7.05 Å². The number of para-hydroxylation sites is 2. The molecular formula is C17H27N3S. The molecule has 0 spiro atoms. The van der Waals surface area contributed by atoms with Crippen molar-refractivity contribution in [2.75, 3.05) is 18.6 Å². The average molecular weight is 305 g/mol. The van der Waals surface area contributed by atoms with E-state index in [4.69, 9.17) is 4.98 Å². The van der Waals surface area contributed by atoms with Crippen LogP contribution in [0.4, 0.5) is 0 Å². The molecule has 0 aliphatic heterocycles. The summed E-state index contributed by atoms with van der Waals surface area (Å²) in [6.07, 6.45) is 7.45. The van der Waals surface area contributed by atoms with Crippen LogP contribution in [0.15, 0.2) is 24.3 Å². The molecule has 0 bridgehead atoms. The number of thioether (sulfide) groups is 1. The van der Waals surface area contributed by atoms with Crippen molar-refractivity contribution in [2.45, 2.75) is 38.6 Å². The van der Waals surface area contributed by atoms with Crippen LogP contribution >= 0.6 is 11.8 Å². The summed E-state index contributed by atoms with van der Waals surface area (Å²) in [5, 5.41) is 3.60. The molecule has 116 valence electrons. The fraction of sp³-hybridized carbons (Fsp3) is 0.588. The summed E-state index contributed by atoms with van der Waals surface area (Å²) in [4.78, 5) is 4.75. The Kier molecular flexibility index (Phi) is 6.58. The van der Waals surface area contributed by atoms with Crippen LogP contribution < -0.4 is 5.32 Å². The molecule has 0 saturated heterocycles. The van der Waals surface area contributed by atoms with Crippen molar-refractivity contribution in [1.29, 1.82) is 0 Å². The molecule has 1 aromatic carbocycles. The van der Waals surface area contributed by atoms with Crippen molar-refractivity contribution in [3.63, 3.8) is 0 Å². The standard InChI is InChI=1S/C17H27N3S/c1-14(18-12-8-4-5-9-13-21-3)17-19-15-10-6-7-11-16(15)20(17)2/h6-7,10-11,14,18H,4-5,8-9,12-13H2,1-3H3. The van der Waals surface area contributed by atoms with Crippen LogP contribution in [-0.4, -0.2) is 28.1 Å². The van der Waals surface area contributed by atoms with Crippen molar-refractivity contribution in [2.24, 2.45) is 7.05 Å². The van der Waals surface area contributed by atoms with Crippen LogP contribution in [0.5, 0.6) is 0 Å². The summed E-state index contributed by atoms with van der Waals surface area (Å²) in [5.41, 5.74) is 2.29. The molecule has 0 fully saturated rings. The van der Waals surface area contributed by atoms with Crippen LogP contribution in [0.3, 0.4) is 0 Å². The van der Waals surface area contributed by atoms with E-state index in [9.17, 15) is 0 Å². The van der Waals surface area contributed by atoms with Gasteiger partial charge >= 0.3 is 0 Å². The van der Waals surface area contributed by atoms with Gasteiger partial charge in [0, 0.05) is 7.05 Å². The Balaban J connectivity index is 1.79. The third kappa shape index (κ3) is 4.48. The Morgan fingerprint density at radius 2 is 1.95 bits per heavy atom. The second kappa shape index (κ2) is 8.44. The lowest BCUT2D eigenvalue weighted by atomic mass is 10.2. The first-order chi connectivity index (χ1) is 10.2. The highest BCUT2D eigenvalue weighted by Gasteiger charge is 2.13. The minimum absolute atomic E-state index is 0.300. The molecule has 0 radical (unpaired) electrons. The minimum Gasteiger partial charge on any atom is -0.330 e. The largest absolute Gasteiger partial charge is 0.330 e. The van der Waals surface area contributed by atoms with E-state index in [2.05, 4.69) is 48.3 Å². The zero-order valence-corrected chi connectivity index (χ0v) is 14.2. The quantitative estimate of drug-likeness (QED) is 0.706. The molecule has 1 heterocycles. The van der Waals surface area contributed by atoms with Gasteiger partial charge in [-0.2, -0.15) is 11.8 Å². The van der Waals surface area contributed by atoms with E-state index in [1.165, 1.54) is 37.0 Å². The SMILES string of the molecule is CSCCCCCCNC(C)c1nc2ccccc2n1C. The first kappa shape index (κ1) is 16.4. The molecule has 0 saturated carbocycles. The third-order valence-electron chi connectivity index (χ3n) is 3.93. The number of nitrogens with zero attached hydrogens (tertiary/aromatic N) is 2. The molecule has 1 N–H and O–H groups in total. The third-order valence-corrected chi connectivity index (χ3v) is 4.63. The molecule has 3 nitrogen and oxygen atoms in total. The van der Waals surface area contributed by atoms with Gasteiger partial charge in [0.2, 0.25) is 0 Å². The summed E-state index contributed by atoms with van der Waals surface area (Å²) >= 11 is 1.94. The monoisotopic (exact) mass is 305 g/mol. The lowest BCUT2D eigenvalue weighted by Gasteiger charge is -2.13. The zero-order chi connectivity index (χ0) is 15.1. The van der Waals surface area contributed by atoms with Gasteiger partial charge in [0.25, 0.3) is 0 Å². The first-order valence-electron chi connectivity index (χ1n) is 7.87. The summed E-state index contributed by atoms with van der Waals surface area (Å²) < 4.78 is 2.20.